The van der Waals surface area contributed by atoms with Crippen molar-refractivity contribution in [1.82, 2.24) is 9.97 Å². The highest BCUT2D eigenvalue weighted by Gasteiger charge is 2.01. The number of rotatable bonds is 5. The van der Waals surface area contributed by atoms with Gasteiger partial charge in [-0.3, -0.25) is 0 Å². The summed E-state index contributed by atoms with van der Waals surface area (Å²) in [5.74, 6) is 1.25. The van der Waals surface area contributed by atoms with Crippen molar-refractivity contribution < 1.29 is 0 Å². The molecule has 0 radical (unpaired) electrons. The molecule has 0 saturated carbocycles. The van der Waals surface area contributed by atoms with Crippen molar-refractivity contribution in [2.75, 3.05) is 18.4 Å². The van der Waals surface area contributed by atoms with Crippen LogP contribution in [-0.4, -0.2) is 23.1 Å². The highest BCUT2D eigenvalue weighted by molar-refractivity contribution is 5.24. The van der Waals surface area contributed by atoms with E-state index in [9.17, 15) is 0 Å². The lowest BCUT2D eigenvalue weighted by atomic mass is 10.1. The second-order valence-corrected chi connectivity index (χ2v) is 3.65. The van der Waals surface area contributed by atoms with Gasteiger partial charge in [0.25, 0.3) is 0 Å². The molecular formula is C10H18N4. The Morgan fingerprint density at radius 3 is 2.64 bits per heavy atom. The average molecular weight is 194 g/mol. The molecule has 1 rings (SSSR count). The van der Waals surface area contributed by atoms with Crippen LogP contribution in [0.4, 0.5) is 5.95 Å². The molecule has 0 aromatic carbocycles. The van der Waals surface area contributed by atoms with Crippen molar-refractivity contribution in [2.24, 2.45) is 11.7 Å². The molecule has 0 spiro atoms. The number of nitrogens with two attached hydrogens (primary N) is 1. The first-order valence-corrected chi connectivity index (χ1v) is 4.95. The van der Waals surface area contributed by atoms with E-state index in [0.29, 0.717) is 11.9 Å². The molecule has 0 fully saturated rings. The Hall–Kier alpha value is -1.16. The summed E-state index contributed by atoms with van der Waals surface area (Å²) in [4.78, 5) is 8.31. The number of hydrogen-bond acceptors (Lipinski definition) is 4. The molecule has 0 saturated heterocycles. The summed E-state index contributed by atoms with van der Waals surface area (Å²) in [6, 6.07) is 0. The minimum absolute atomic E-state index is 0.560. The third-order valence-electron chi connectivity index (χ3n) is 2.05. The first-order valence-electron chi connectivity index (χ1n) is 4.95. The second kappa shape index (κ2) is 5.54. The first-order chi connectivity index (χ1) is 6.72. The SMILES string of the molecule is Cc1cnc(NCC(C)CCN)nc1. The highest BCUT2D eigenvalue weighted by atomic mass is 15.1. The summed E-state index contributed by atoms with van der Waals surface area (Å²) in [5, 5.41) is 3.18. The molecule has 0 bridgehead atoms. The molecule has 1 atom stereocenters. The molecule has 0 aliphatic carbocycles. The third-order valence-corrected chi connectivity index (χ3v) is 2.05. The molecule has 4 heteroatoms. The molecule has 4 nitrogen and oxygen atoms in total. The highest BCUT2D eigenvalue weighted by Crippen LogP contribution is 2.03. The summed E-state index contributed by atoms with van der Waals surface area (Å²) in [5.41, 5.74) is 6.53. The monoisotopic (exact) mass is 194 g/mol. The summed E-state index contributed by atoms with van der Waals surface area (Å²) >= 11 is 0. The fraction of sp³-hybridized carbons (Fsp3) is 0.600. The maximum absolute atomic E-state index is 5.46. The van der Waals surface area contributed by atoms with Crippen LogP contribution >= 0.6 is 0 Å². The Morgan fingerprint density at radius 2 is 2.07 bits per heavy atom. The van der Waals surface area contributed by atoms with Crippen LogP contribution in [0.1, 0.15) is 18.9 Å². The molecule has 0 aliphatic rings. The summed E-state index contributed by atoms with van der Waals surface area (Å²) in [7, 11) is 0. The molecule has 1 unspecified atom stereocenters. The van der Waals surface area contributed by atoms with Crippen LogP contribution in [0.2, 0.25) is 0 Å². The van der Waals surface area contributed by atoms with Gasteiger partial charge in [0.2, 0.25) is 5.95 Å². The van der Waals surface area contributed by atoms with E-state index in [2.05, 4.69) is 22.2 Å². The number of nitrogens with one attached hydrogen (secondary N) is 1. The van der Waals surface area contributed by atoms with Gasteiger partial charge >= 0.3 is 0 Å². The normalized spacial score (nSPS) is 12.5. The van der Waals surface area contributed by atoms with Crippen molar-refractivity contribution in [3.05, 3.63) is 18.0 Å². The standard InChI is InChI=1S/C10H18N4/c1-8(3-4-11)5-12-10-13-6-9(2)7-14-10/h6-8H,3-5,11H2,1-2H3,(H,12,13,14). The predicted octanol–water partition coefficient (Wildman–Crippen LogP) is 1.18. The molecular weight excluding hydrogens is 176 g/mol. The van der Waals surface area contributed by atoms with Crippen LogP contribution in [0.5, 0.6) is 0 Å². The van der Waals surface area contributed by atoms with Crippen molar-refractivity contribution in [3.8, 4) is 0 Å². The number of nitrogens with zero attached hydrogens (tertiary/aromatic N) is 2. The van der Waals surface area contributed by atoms with Crippen LogP contribution in [0.3, 0.4) is 0 Å². The zero-order valence-electron chi connectivity index (χ0n) is 8.83. The van der Waals surface area contributed by atoms with Crippen molar-refractivity contribution in [2.45, 2.75) is 20.3 Å². The van der Waals surface area contributed by atoms with Crippen molar-refractivity contribution >= 4 is 5.95 Å². The molecule has 1 aromatic heterocycles. The maximum atomic E-state index is 5.46. The van der Waals surface area contributed by atoms with E-state index in [1.807, 2.05) is 19.3 Å². The van der Waals surface area contributed by atoms with Gasteiger partial charge in [-0.2, -0.15) is 0 Å². The van der Waals surface area contributed by atoms with Crippen LogP contribution in [-0.2, 0) is 0 Å². The van der Waals surface area contributed by atoms with E-state index < -0.39 is 0 Å². The third kappa shape index (κ3) is 3.70. The van der Waals surface area contributed by atoms with Crippen LogP contribution in [0, 0.1) is 12.8 Å². The largest absolute Gasteiger partial charge is 0.354 e. The predicted molar refractivity (Wildman–Crippen MR) is 58.1 cm³/mol. The molecule has 0 amide bonds. The topological polar surface area (TPSA) is 63.8 Å². The summed E-state index contributed by atoms with van der Waals surface area (Å²) in [6.07, 6.45) is 4.64. The zero-order chi connectivity index (χ0) is 10.4. The smallest absolute Gasteiger partial charge is 0.222 e. The van der Waals surface area contributed by atoms with Gasteiger partial charge in [-0.05, 0) is 31.4 Å². The van der Waals surface area contributed by atoms with Crippen LogP contribution in [0.15, 0.2) is 12.4 Å². The molecule has 78 valence electrons. The van der Waals surface area contributed by atoms with Gasteiger partial charge in [0.05, 0.1) is 0 Å². The van der Waals surface area contributed by atoms with Crippen molar-refractivity contribution in [1.29, 1.82) is 0 Å². The molecule has 3 N–H and O–H groups in total. The first kappa shape index (κ1) is 10.9. The van der Waals surface area contributed by atoms with E-state index in [4.69, 9.17) is 5.73 Å². The minimum Gasteiger partial charge on any atom is -0.354 e. The summed E-state index contributed by atoms with van der Waals surface area (Å²) < 4.78 is 0. The molecule has 14 heavy (non-hydrogen) atoms. The minimum atomic E-state index is 0.560. The van der Waals surface area contributed by atoms with Gasteiger partial charge in [0, 0.05) is 18.9 Å². The fourth-order valence-corrected chi connectivity index (χ4v) is 1.14. The number of aryl methyl sites for hydroxylation is 1. The van der Waals surface area contributed by atoms with Crippen LogP contribution < -0.4 is 11.1 Å². The maximum Gasteiger partial charge on any atom is 0.222 e. The van der Waals surface area contributed by atoms with Crippen LogP contribution in [0.25, 0.3) is 0 Å². The number of hydrogen-bond donors (Lipinski definition) is 2. The van der Waals surface area contributed by atoms with Gasteiger partial charge in [-0.1, -0.05) is 6.92 Å². The lowest BCUT2D eigenvalue weighted by molar-refractivity contribution is 0.566. The Balaban J connectivity index is 2.34. The second-order valence-electron chi connectivity index (χ2n) is 3.65. The van der Waals surface area contributed by atoms with Gasteiger partial charge < -0.3 is 11.1 Å². The van der Waals surface area contributed by atoms with Crippen molar-refractivity contribution in [3.63, 3.8) is 0 Å². The number of anilines is 1. The quantitative estimate of drug-likeness (QED) is 0.739. The lowest BCUT2D eigenvalue weighted by Crippen LogP contribution is -2.16. The molecule has 0 aliphatic heterocycles. The summed E-state index contributed by atoms with van der Waals surface area (Å²) in [6.45, 7) is 5.74. The Labute approximate surface area is 85.0 Å². The van der Waals surface area contributed by atoms with Gasteiger partial charge in [0.15, 0.2) is 0 Å². The Morgan fingerprint density at radius 1 is 1.43 bits per heavy atom. The van der Waals surface area contributed by atoms with E-state index in [1.165, 1.54) is 0 Å². The van der Waals surface area contributed by atoms with E-state index in [1.54, 1.807) is 0 Å². The molecule has 1 heterocycles. The van der Waals surface area contributed by atoms with E-state index in [0.717, 1.165) is 25.1 Å². The van der Waals surface area contributed by atoms with E-state index >= 15 is 0 Å². The Bertz CT molecular complexity index is 257. The fourth-order valence-electron chi connectivity index (χ4n) is 1.14. The van der Waals surface area contributed by atoms with Gasteiger partial charge in [-0.15, -0.1) is 0 Å². The van der Waals surface area contributed by atoms with E-state index in [-0.39, 0.29) is 0 Å². The lowest BCUT2D eigenvalue weighted by Gasteiger charge is -2.10. The number of aromatic nitrogens is 2. The Kier molecular flexibility index (Phi) is 4.32. The molecule has 1 aromatic rings. The zero-order valence-corrected chi connectivity index (χ0v) is 8.83. The van der Waals surface area contributed by atoms with Gasteiger partial charge in [0.1, 0.15) is 0 Å². The van der Waals surface area contributed by atoms with Gasteiger partial charge in [-0.25, -0.2) is 9.97 Å². The average Bonchev–Trinajstić information content (AvgIpc) is 2.17.